The summed E-state index contributed by atoms with van der Waals surface area (Å²) in [5.41, 5.74) is 1.30. The first-order valence-electron chi connectivity index (χ1n) is 6.06. The summed E-state index contributed by atoms with van der Waals surface area (Å²) in [6.07, 6.45) is 2.70. The van der Waals surface area contributed by atoms with Crippen LogP contribution in [0.4, 0.5) is 0 Å². The van der Waals surface area contributed by atoms with Crippen LogP contribution in [0.2, 0.25) is 0 Å². The normalized spacial score (nSPS) is 17.1. The summed E-state index contributed by atoms with van der Waals surface area (Å²) < 4.78 is 2.26. The molecule has 0 spiro atoms. The first-order valence-corrected chi connectivity index (χ1v) is 7.64. The Labute approximate surface area is 120 Å². The van der Waals surface area contributed by atoms with Crippen LogP contribution in [0, 0.1) is 0 Å². The van der Waals surface area contributed by atoms with Crippen LogP contribution in [0.25, 0.3) is 0 Å². The van der Waals surface area contributed by atoms with Crippen molar-refractivity contribution < 1.29 is 0 Å². The third kappa shape index (κ3) is 4.70. The second-order valence-electron chi connectivity index (χ2n) is 4.70. The van der Waals surface area contributed by atoms with Crippen LogP contribution < -0.4 is 10.6 Å². The summed E-state index contributed by atoms with van der Waals surface area (Å²) >= 11 is 7.05. The van der Waals surface area contributed by atoms with E-state index in [1.807, 2.05) is 0 Å². The molecule has 0 aliphatic heterocycles. The van der Waals surface area contributed by atoms with E-state index in [-0.39, 0.29) is 0 Å². The highest BCUT2D eigenvalue weighted by Crippen LogP contribution is 2.22. The molecule has 0 heterocycles. The molecule has 2 nitrogen and oxygen atoms in total. The van der Waals surface area contributed by atoms with E-state index < -0.39 is 0 Å². The summed E-state index contributed by atoms with van der Waals surface area (Å²) in [4.78, 5) is 0. The molecule has 1 unspecified atom stereocenters. The number of rotatable bonds is 6. The van der Waals surface area contributed by atoms with Gasteiger partial charge in [0.2, 0.25) is 0 Å². The van der Waals surface area contributed by atoms with Crippen LogP contribution in [0.1, 0.15) is 25.3 Å². The van der Waals surface area contributed by atoms with Crippen LogP contribution >= 0.6 is 31.9 Å². The van der Waals surface area contributed by atoms with Crippen LogP contribution in [-0.2, 0) is 6.54 Å². The van der Waals surface area contributed by atoms with Gasteiger partial charge < -0.3 is 10.6 Å². The molecule has 2 rings (SSSR count). The zero-order chi connectivity index (χ0) is 12.3. The van der Waals surface area contributed by atoms with E-state index in [2.05, 4.69) is 67.6 Å². The van der Waals surface area contributed by atoms with Gasteiger partial charge >= 0.3 is 0 Å². The monoisotopic (exact) mass is 360 g/mol. The molecule has 1 aliphatic carbocycles. The summed E-state index contributed by atoms with van der Waals surface area (Å²) in [5, 5.41) is 7.07. The van der Waals surface area contributed by atoms with Gasteiger partial charge in [-0.1, -0.05) is 37.9 Å². The Balaban J connectivity index is 1.75. The molecule has 0 aromatic heterocycles. The second kappa shape index (κ2) is 6.32. The lowest BCUT2D eigenvalue weighted by molar-refractivity contribution is 0.499. The van der Waals surface area contributed by atoms with Crippen LogP contribution in [0.3, 0.4) is 0 Å². The number of nitrogens with one attached hydrogen (secondary N) is 2. The predicted molar refractivity (Wildman–Crippen MR) is 79.2 cm³/mol. The SMILES string of the molecule is CC(CNC1CC1)NCc1ccc(Br)cc1Br. The minimum Gasteiger partial charge on any atom is -0.312 e. The zero-order valence-electron chi connectivity index (χ0n) is 9.97. The van der Waals surface area contributed by atoms with E-state index in [0.717, 1.165) is 28.1 Å². The average molecular weight is 362 g/mol. The predicted octanol–water partition coefficient (Wildman–Crippen LogP) is 3.44. The molecule has 1 aromatic rings. The third-order valence-corrected chi connectivity index (χ3v) is 4.18. The highest BCUT2D eigenvalue weighted by atomic mass is 79.9. The fourth-order valence-electron chi connectivity index (χ4n) is 1.65. The molecule has 1 atom stereocenters. The number of hydrogen-bond acceptors (Lipinski definition) is 2. The van der Waals surface area contributed by atoms with E-state index in [0.29, 0.717) is 6.04 Å². The van der Waals surface area contributed by atoms with E-state index in [1.165, 1.54) is 18.4 Å². The first-order chi connectivity index (χ1) is 8.15. The lowest BCUT2D eigenvalue weighted by Gasteiger charge is -2.15. The van der Waals surface area contributed by atoms with Gasteiger partial charge in [0, 0.05) is 34.1 Å². The van der Waals surface area contributed by atoms with E-state index in [1.54, 1.807) is 0 Å². The molecule has 4 heteroatoms. The molecule has 1 aromatic carbocycles. The molecular formula is C13H18Br2N2. The third-order valence-electron chi connectivity index (χ3n) is 2.95. The van der Waals surface area contributed by atoms with E-state index in [9.17, 15) is 0 Å². The van der Waals surface area contributed by atoms with Gasteiger partial charge in [0.25, 0.3) is 0 Å². The maximum Gasteiger partial charge on any atom is 0.0231 e. The molecule has 1 saturated carbocycles. The highest BCUT2D eigenvalue weighted by molar-refractivity contribution is 9.11. The van der Waals surface area contributed by atoms with Crippen molar-refractivity contribution in [3.05, 3.63) is 32.7 Å². The quantitative estimate of drug-likeness (QED) is 0.810. The van der Waals surface area contributed by atoms with Crippen LogP contribution in [0.15, 0.2) is 27.1 Å². The second-order valence-corrected chi connectivity index (χ2v) is 6.47. The van der Waals surface area contributed by atoms with Gasteiger partial charge in [-0.2, -0.15) is 0 Å². The van der Waals surface area contributed by atoms with Crippen molar-refractivity contribution in [3.63, 3.8) is 0 Å². The van der Waals surface area contributed by atoms with Gasteiger partial charge in [0.1, 0.15) is 0 Å². The molecule has 1 aliphatic rings. The summed E-state index contributed by atoms with van der Waals surface area (Å²) in [5.74, 6) is 0. The van der Waals surface area contributed by atoms with Gasteiger partial charge in [-0.05, 0) is 37.5 Å². The lowest BCUT2D eigenvalue weighted by Crippen LogP contribution is -2.36. The van der Waals surface area contributed by atoms with Gasteiger partial charge in [0.15, 0.2) is 0 Å². The maximum atomic E-state index is 3.58. The van der Waals surface area contributed by atoms with Gasteiger partial charge in [-0.3, -0.25) is 0 Å². The molecule has 94 valence electrons. The molecule has 2 N–H and O–H groups in total. The number of benzene rings is 1. The number of hydrogen-bond donors (Lipinski definition) is 2. The van der Waals surface area contributed by atoms with Gasteiger partial charge in [-0.25, -0.2) is 0 Å². The largest absolute Gasteiger partial charge is 0.312 e. The van der Waals surface area contributed by atoms with Gasteiger partial charge in [0.05, 0.1) is 0 Å². The topological polar surface area (TPSA) is 24.1 Å². The smallest absolute Gasteiger partial charge is 0.0231 e. The Morgan fingerprint density at radius 1 is 1.35 bits per heavy atom. The fourth-order valence-corrected chi connectivity index (χ4v) is 2.84. The summed E-state index contributed by atoms with van der Waals surface area (Å²) in [7, 11) is 0. The summed E-state index contributed by atoms with van der Waals surface area (Å²) in [6, 6.07) is 7.60. The van der Waals surface area contributed by atoms with Crippen LogP contribution in [0.5, 0.6) is 0 Å². The van der Waals surface area contributed by atoms with Crippen molar-refractivity contribution in [2.45, 2.75) is 38.4 Å². The maximum absolute atomic E-state index is 3.58. The highest BCUT2D eigenvalue weighted by Gasteiger charge is 2.20. The Morgan fingerprint density at radius 2 is 2.12 bits per heavy atom. The molecule has 1 fully saturated rings. The Kier molecular flexibility index (Phi) is 5.03. The van der Waals surface area contributed by atoms with Crippen molar-refractivity contribution >= 4 is 31.9 Å². The van der Waals surface area contributed by atoms with Crippen molar-refractivity contribution in [1.82, 2.24) is 10.6 Å². The molecule has 0 bridgehead atoms. The Morgan fingerprint density at radius 3 is 2.76 bits per heavy atom. The Bertz CT molecular complexity index is 378. The molecule has 0 radical (unpaired) electrons. The van der Waals surface area contributed by atoms with Crippen molar-refractivity contribution in [2.75, 3.05) is 6.54 Å². The standard InChI is InChI=1S/C13H18Br2N2/c1-9(7-17-12-4-5-12)16-8-10-2-3-11(14)6-13(10)15/h2-3,6,9,12,16-17H,4-5,7-8H2,1H3. The molecule has 0 amide bonds. The van der Waals surface area contributed by atoms with E-state index in [4.69, 9.17) is 0 Å². The van der Waals surface area contributed by atoms with Crippen molar-refractivity contribution in [3.8, 4) is 0 Å². The van der Waals surface area contributed by atoms with Crippen molar-refractivity contribution in [2.24, 2.45) is 0 Å². The van der Waals surface area contributed by atoms with E-state index >= 15 is 0 Å². The summed E-state index contributed by atoms with van der Waals surface area (Å²) in [6.45, 7) is 4.18. The van der Waals surface area contributed by atoms with Gasteiger partial charge in [-0.15, -0.1) is 0 Å². The zero-order valence-corrected chi connectivity index (χ0v) is 13.1. The molecular weight excluding hydrogens is 344 g/mol. The van der Waals surface area contributed by atoms with Crippen LogP contribution in [-0.4, -0.2) is 18.6 Å². The minimum atomic E-state index is 0.506. The Hall–Kier alpha value is 0.1000. The lowest BCUT2D eigenvalue weighted by atomic mass is 10.2. The average Bonchev–Trinajstić information content (AvgIpc) is 3.09. The number of halogens is 2. The first kappa shape index (κ1) is 13.5. The van der Waals surface area contributed by atoms with Crippen molar-refractivity contribution in [1.29, 1.82) is 0 Å². The molecule has 0 saturated heterocycles. The minimum absolute atomic E-state index is 0.506. The fraction of sp³-hybridized carbons (Fsp3) is 0.538. The molecule has 17 heavy (non-hydrogen) atoms.